The van der Waals surface area contributed by atoms with E-state index < -0.39 is 0 Å². The lowest BCUT2D eigenvalue weighted by Gasteiger charge is -2.06. The molecule has 0 bridgehead atoms. The fourth-order valence-corrected chi connectivity index (χ4v) is 3.90. The lowest BCUT2D eigenvalue weighted by Crippen LogP contribution is -2.11. The predicted molar refractivity (Wildman–Crippen MR) is 89.0 cm³/mol. The standard InChI is InChI=1S/C18H21NOS/c1-2-10-20-16-8-6-14(7-9-16)12-19-13-17-11-15-4-3-5-18(15)21-17/h2,6-9,11,19H,1,3-5,10,12-13H2. The van der Waals surface area contributed by atoms with Crippen LogP contribution in [0.15, 0.2) is 43.0 Å². The second kappa shape index (κ2) is 6.92. The van der Waals surface area contributed by atoms with Crippen molar-refractivity contribution in [1.29, 1.82) is 0 Å². The summed E-state index contributed by atoms with van der Waals surface area (Å²) in [4.78, 5) is 3.07. The Morgan fingerprint density at radius 3 is 2.81 bits per heavy atom. The zero-order valence-electron chi connectivity index (χ0n) is 12.2. The molecule has 0 fully saturated rings. The summed E-state index contributed by atoms with van der Waals surface area (Å²) in [6, 6.07) is 10.6. The van der Waals surface area contributed by atoms with Crippen molar-refractivity contribution < 1.29 is 4.74 Å². The van der Waals surface area contributed by atoms with Crippen molar-refractivity contribution in [2.45, 2.75) is 32.4 Å². The van der Waals surface area contributed by atoms with Gasteiger partial charge < -0.3 is 10.1 Å². The van der Waals surface area contributed by atoms with Gasteiger partial charge in [-0.25, -0.2) is 0 Å². The first kappa shape index (κ1) is 14.4. The Morgan fingerprint density at radius 1 is 1.19 bits per heavy atom. The monoisotopic (exact) mass is 299 g/mol. The minimum Gasteiger partial charge on any atom is -0.490 e. The minimum atomic E-state index is 0.556. The zero-order chi connectivity index (χ0) is 14.5. The Labute approximate surface area is 130 Å². The molecule has 2 nitrogen and oxygen atoms in total. The Balaban J connectivity index is 1.47. The molecule has 2 aromatic rings. The van der Waals surface area contributed by atoms with Gasteiger partial charge in [-0.3, -0.25) is 0 Å². The number of fused-ring (bicyclic) bond motifs is 1. The molecule has 3 rings (SSSR count). The highest BCUT2D eigenvalue weighted by Gasteiger charge is 2.14. The van der Waals surface area contributed by atoms with Crippen LogP contribution < -0.4 is 10.1 Å². The van der Waals surface area contributed by atoms with Crippen LogP contribution in [0.3, 0.4) is 0 Å². The average molecular weight is 299 g/mol. The van der Waals surface area contributed by atoms with Gasteiger partial charge in [0.05, 0.1) is 0 Å². The van der Waals surface area contributed by atoms with Crippen LogP contribution >= 0.6 is 11.3 Å². The number of thiophene rings is 1. The summed E-state index contributed by atoms with van der Waals surface area (Å²) in [5, 5.41) is 3.52. The summed E-state index contributed by atoms with van der Waals surface area (Å²) >= 11 is 1.98. The Kier molecular flexibility index (Phi) is 4.73. The van der Waals surface area contributed by atoms with Gasteiger partial charge in [-0.1, -0.05) is 24.8 Å². The summed E-state index contributed by atoms with van der Waals surface area (Å²) in [6.45, 7) is 6.06. The van der Waals surface area contributed by atoms with Crippen LogP contribution in [-0.4, -0.2) is 6.61 Å². The predicted octanol–water partition coefficient (Wildman–Crippen LogP) is 4.09. The van der Waals surface area contributed by atoms with E-state index in [-0.39, 0.29) is 0 Å². The van der Waals surface area contributed by atoms with Crippen LogP contribution in [0.5, 0.6) is 5.75 Å². The molecule has 21 heavy (non-hydrogen) atoms. The third-order valence-electron chi connectivity index (χ3n) is 3.72. The van der Waals surface area contributed by atoms with Crippen LogP contribution in [0.25, 0.3) is 0 Å². The normalized spacial score (nSPS) is 13.1. The van der Waals surface area contributed by atoms with E-state index in [2.05, 4.69) is 30.1 Å². The Hall–Kier alpha value is -1.58. The van der Waals surface area contributed by atoms with Crippen LogP contribution in [-0.2, 0) is 25.9 Å². The minimum absolute atomic E-state index is 0.556. The number of hydrogen-bond acceptors (Lipinski definition) is 3. The Bertz CT molecular complexity index is 579. The molecule has 1 aliphatic carbocycles. The first-order valence-electron chi connectivity index (χ1n) is 7.49. The van der Waals surface area contributed by atoms with E-state index in [4.69, 9.17) is 4.74 Å². The highest BCUT2D eigenvalue weighted by atomic mass is 32.1. The summed E-state index contributed by atoms with van der Waals surface area (Å²) in [6.07, 6.45) is 5.66. The Morgan fingerprint density at radius 2 is 2.05 bits per heavy atom. The van der Waals surface area contributed by atoms with E-state index in [1.165, 1.54) is 29.7 Å². The highest BCUT2D eigenvalue weighted by molar-refractivity contribution is 7.12. The van der Waals surface area contributed by atoms with Gasteiger partial charge in [-0.05, 0) is 48.6 Å². The third kappa shape index (κ3) is 3.74. The summed E-state index contributed by atoms with van der Waals surface area (Å²) < 4.78 is 5.48. The van der Waals surface area contributed by atoms with E-state index in [9.17, 15) is 0 Å². The molecule has 3 heteroatoms. The van der Waals surface area contributed by atoms with E-state index in [1.54, 1.807) is 16.5 Å². The molecule has 0 unspecified atom stereocenters. The molecule has 0 saturated heterocycles. The first-order valence-corrected chi connectivity index (χ1v) is 8.30. The highest BCUT2D eigenvalue weighted by Crippen LogP contribution is 2.30. The van der Waals surface area contributed by atoms with E-state index in [1.807, 2.05) is 23.5 Å². The third-order valence-corrected chi connectivity index (χ3v) is 4.95. The van der Waals surface area contributed by atoms with Gasteiger partial charge in [0, 0.05) is 22.8 Å². The maximum Gasteiger partial charge on any atom is 0.119 e. The molecule has 0 spiro atoms. The maximum absolute atomic E-state index is 5.48. The smallest absolute Gasteiger partial charge is 0.119 e. The fraction of sp³-hybridized carbons (Fsp3) is 0.333. The molecule has 0 atom stereocenters. The summed E-state index contributed by atoms with van der Waals surface area (Å²) in [5.41, 5.74) is 2.87. The summed E-state index contributed by atoms with van der Waals surface area (Å²) in [5.74, 6) is 0.897. The van der Waals surface area contributed by atoms with Crippen LogP contribution in [0.4, 0.5) is 0 Å². The molecule has 1 aromatic heterocycles. The second-order valence-electron chi connectivity index (χ2n) is 5.36. The van der Waals surface area contributed by atoms with Gasteiger partial charge >= 0.3 is 0 Å². The molecule has 1 aliphatic rings. The molecule has 1 heterocycles. The van der Waals surface area contributed by atoms with E-state index in [0.29, 0.717) is 6.61 Å². The van der Waals surface area contributed by atoms with Crippen molar-refractivity contribution in [3.8, 4) is 5.75 Å². The van der Waals surface area contributed by atoms with Crippen LogP contribution in [0.2, 0.25) is 0 Å². The van der Waals surface area contributed by atoms with Crippen LogP contribution in [0, 0.1) is 0 Å². The molecule has 1 aromatic carbocycles. The van der Waals surface area contributed by atoms with Crippen molar-refractivity contribution in [2.75, 3.05) is 6.61 Å². The first-order chi connectivity index (χ1) is 10.3. The number of hydrogen-bond donors (Lipinski definition) is 1. The van der Waals surface area contributed by atoms with Gasteiger partial charge in [0.1, 0.15) is 12.4 Å². The van der Waals surface area contributed by atoms with E-state index in [0.717, 1.165) is 18.8 Å². The zero-order valence-corrected chi connectivity index (χ0v) is 13.0. The van der Waals surface area contributed by atoms with Crippen molar-refractivity contribution in [2.24, 2.45) is 0 Å². The molecular weight excluding hydrogens is 278 g/mol. The van der Waals surface area contributed by atoms with Crippen molar-refractivity contribution in [3.05, 3.63) is 63.9 Å². The van der Waals surface area contributed by atoms with Gasteiger partial charge in [0.15, 0.2) is 0 Å². The SMILES string of the molecule is C=CCOc1ccc(CNCc2cc3c(s2)CCC3)cc1. The number of benzene rings is 1. The molecular formula is C18H21NOS. The molecule has 0 radical (unpaired) electrons. The quantitative estimate of drug-likeness (QED) is 0.777. The topological polar surface area (TPSA) is 21.3 Å². The van der Waals surface area contributed by atoms with Crippen molar-refractivity contribution in [1.82, 2.24) is 5.32 Å². The molecule has 110 valence electrons. The molecule has 0 saturated carbocycles. The van der Waals surface area contributed by atoms with Crippen molar-refractivity contribution in [3.63, 3.8) is 0 Å². The van der Waals surface area contributed by atoms with Gasteiger partial charge in [0.2, 0.25) is 0 Å². The van der Waals surface area contributed by atoms with Crippen LogP contribution in [0.1, 0.15) is 27.3 Å². The number of nitrogens with one attached hydrogen (secondary N) is 1. The van der Waals surface area contributed by atoms with E-state index >= 15 is 0 Å². The summed E-state index contributed by atoms with van der Waals surface area (Å²) in [7, 11) is 0. The number of rotatable bonds is 7. The van der Waals surface area contributed by atoms with Gasteiger partial charge in [0.25, 0.3) is 0 Å². The number of ether oxygens (including phenoxy) is 1. The lowest BCUT2D eigenvalue weighted by molar-refractivity contribution is 0.363. The largest absolute Gasteiger partial charge is 0.490 e. The molecule has 1 N–H and O–H groups in total. The maximum atomic E-state index is 5.48. The second-order valence-corrected chi connectivity index (χ2v) is 6.58. The van der Waals surface area contributed by atoms with Crippen molar-refractivity contribution >= 4 is 11.3 Å². The average Bonchev–Trinajstić information content (AvgIpc) is 3.08. The van der Waals surface area contributed by atoms with Gasteiger partial charge in [-0.15, -0.1) is 11.3 Å². The lowest BCUT2D eigenvalue weighted by atomic mass is 10.2. The van der Waals surface area contributed by atoms with Gasteiger partial charge in [-0.2, -0.15) is 0 Å². The fourth-order valence-electron chi connectivity index (χ4n) is 2.67. The number of aryl methyl sites for hydroxylation is 2. The molecule has 0 aliphatic heterocycles. The molecule has 0 amide bonds.